The number of nitrogen functional groups attached to an aromatic ring is 1. The summed E-state index contributed by atoms with van der Waals surface area (Å²) in [7, 11) is 0. The van der Waals surface area contributed by atoms with Gasteiger partial charge in [0.25, 0.3) is 0 Å². The van der Waals surface area contributed by atoms with Crippen molar-refractivity contribution in [3.05, 3.63) is 86.3 Å². The van der Waals surface area contributed by atoms with Crippen LogP contribution in [0.5, 0.6) is 0 Å². The molecule has 4 rings (SSSR count). The number of para-hydroxylation sites is 2. The molecule has 0 bridgehead atoms. The number of esters is 2. The van der Waals surface area contributed by atoms with Gasteiger partial charge in [-0.1, -0.05) is 92.9 Å². The summed E-state index contributed by atoms with van der Waals surface area (Å²) in [6.45, 7) is 6.22. The number of hydrogen-bond donors (Lipinski definition) is 2. The maximum atomic E-state index is 12.6. The first kappa shape index (κ1) is 38.7. The molecule has 3 aromatic rings. The van der Waals surface area contributed by atoms with E-state index in [-0.39, 0.29) is 11.9 Å². The van der Waals surface area contributed by atoms with E-state index in [9.17, 15) is 9.59 Å². The summed E-state index contributed by atoms with van der Waals surface area (Å²) >= 11 is 15.6. The zero-order valence-corrected chi connectivity index (χ0v) is 30.6. The Morgan fingerprint density at radius 1 is 0.894 bits per heavy atom. The van der Waals surface area contributed by atoms with Crippen molar-refractivity contribution in [3.8, 4) is 0 Å². The summed E-state index contributed by atoms with van der Waals surface area (Å²) in [5, 5.41) is 4.41. The summed E-state index contributed by atoms with van der Waals surface area (Å²) in [5.41, 5.74) is 10.3. The SMILES string of the molecule is CCN(Cc1cc(C(=O)OCCCCCCCOC(C)=O)cc(Br)c1N)C1CCCCC1.Clc1cccc(Cl)c1Nc1ccccc1. The number of carbonyl (C=O) groups excluding carboxylic acids is 2. The van der Waals surface area contributed by atoms with Gasteiger partial charge in [-0.05, 0) is 90.1 Å². The molecule has 0 heterocycles. The monoisotopic (exact) mass is 747 g/mol. The van der Waals surface area contributed by atoms with E-state index >= 15 is 0 Å². The molecule has 3 N–H and O–H groups in total. The fourth-order valence-electron chi connectivity index (χ4n) is 5.57. The van der Waals surface area contributed by atoms with Gasteiger partial charge in [0.15, 0.2) is 0 Å². The van der Waals surface area contributed by atoms with Crippen molar-refractivity contribution in [1.29, 1.82) is 0 Å². The van der Waals surface area contributed by atoms with Crippen LogP contribution < -0.4 is 11.1 Å². The number of ether oxygens (including phenoxy) is 2. The molecule has 0 radical (unpaired) electrons. The largest absolute Gasteiger partial charge is 0.466 e. The van der Waals surface area contributed by atoms with Gasteiger partial charge in [0.05, 0.1) is 40.2 Å². The van der Waals surface area contributed by atoms with Crippen LogP contribution in [0.25, 0.3) is 0 Å². The molecule has 0 spiro atoms. The quantitative estimate of drug-likeness (QED) is 0.0908. The van der Waals surface area contributed by atoms with Crippen LogP contribution in [0.3, 0.4) is 0 Å². The topological polar surface area (TPSA) is 93.9 Å². The van der Waals surface area contributed by atoms with Gasteiger partial charge in [-0.3, -0.25) is 9.69 Å². The van der Waals surface area contributed by atoms with E-state index in [1.807, 2.05) is 42.5 Å². The molecule has 0 amide bonds. The van der Waals surface area contributed by atoms with Gasteiger partial charge in [-0.15, -0.1) is 0 Å². The predicted molar refractivity (Wildman–Crippen MR) is 198 cm³/mol. The number of nitrogens with zero attached hydrogens (tertiary/aromatic N) is 1. The molecule has 47 heavy (non-hydrogen) atoms. The van der Waals surface area contributed by atoms with E-state index in [0.717, 1.165) is 66.6 Å². The molecule has 0 aliphatic heterocycles. The van der Waals surface area contributed by atoms with E-state index in [2.05, 4.69) is 33.1 Å². The fourth-order valence-corrected chi connectivity index (χ4v) is 6.56. The molecular formula is C37H48BrCl2N3O4. The highest BCUT2D eigenvalue weighted by Crippen LogP contribution is 2.32. The normalized spacial score (nSPS) is 13.1. The van der Waals surface area contributed by atoms with Crippen molar-refractivity contribution < 1.29 is 19.1 Å². The molecule has 0 unspecified atom stereocenters. The Kier molecular flexibility index (Phi) is 17.5. The molecule has 0 aromatic heterocycles. The lowest BCUT2D eigenvalue weighted by molar-refractivity contribution is -0.141. The molecule has 1 aliphatic carbocycles. The maximum absolute atomic E-state index is 12.6. The second-order valence-corrected chi connectivity index (χ2v) is 13.4. The minimum atomic E-state index is -0.303. The van der Waals surface area contributed by atoms with Crippen LogP contribution in [0, 0.1) is 0 Å². The van der Waals surface area contributed by atoms with E-state index in [1.54, 1.807) is 18.2 Å². The van der Waals surface area contributed by atoms with Crippen LogP contribution in [0.15, 0.2) is 65.1 Å². The standard InChI is InChI=1S/C25H39BrN2O4.C12H9Cl2N/c1-3-28(22-12-8-7-9-13-22)18-21-16-20(17-23(26)24(21)27)25(30)32-15-11-6-4-5-10-14-31-19(2)29;13-10-7-4-8-11(14)12(10)15-9-5-2-1-3-6-9/h16-17,22H,3-15,18,27H2,1-2H3;1-8,15H. The Hall–Kier alpha value is -2.78. The Morgan fingerprint density at radius 2 is 1.51 bits per heavy atom. The molecule has 3 aromatic carbocycles. The van der Waals surface area contributed by atoms with Gasteiger partial charge in [0, 0.05) is 29.7 Å². The van der Waals surface area contributed by atoms with Crippen molar-refractivity contribution in [2.75, 3.05) is 30.8 Å². The Morgan fingerprint density at radius 3 is 2.13 bits per heavy atom. The molecule has 10 heteroatoms. The molecule has 0 saturated heterocycles. The van der Waals surface area contributed by atoms with Crippen LogP contribution >= 0.6 is 39.1 Å². The number of nitrogens with one attached hydrogen (secondary N) is 1. The lowest BCUT2D eigenvalue weighted by Gasteiger charge is -2.34. The molecule has 0 atom stereocenters. The van der Waals surface area contributed by atoms with Crippen LogP contribution in [-0.4, -0.2) is 42.6 Å². The number of nitrogens with two attached hydrogens (primary N) is 1. The smallest absolute Gasteiger partial charge is 0.338 e. The third-order valence-corrected chi connectivity index (χ3v) is 9.44. The number of halogens is 3. The van der Waals surface area contributed by atoms with Crippen molar-refractivity contribution in [1.82, 2.24) is 4.90 Å². The van der Waals surface area contributed by atoms with E-state index < -0.39 is 0 Å². The Labute approximate surface area is 298 Å². The number of carbonyl (C=O) groups is 2. The van der Waals surface area contributed by atoms with Crippen LogP contribution in [0.1, 0.15) is 94.0 Å². The van der Waals surface area contributed by atoms with Crippen molar-refractivity contribution in [2.45, 2.75) is 90.6 Å². The second-order valence-electron chi connectivity index (χ2n) is 11.7. The molecule has 1 fully saturated rings. The van der Waals surface area contributed by atoms with Crippen molar-refractivity contribution >= 4 is 68.1 Å². The highest BCUT2D eigenvalue weighted by atomic mass is 79.9. The molecule has 7 nitrogen and oxygen atoms in total. The molecule has 1 aliphatic rings. The summed E-state index contributed by atoms with van der Waals surface area (Å²) in [6, 6.07) is 19.4. The Bertz CT molecular complexity index is 1380. The highest BCUT2D eigenvalue weighted by molar-refractivity contribution is 9.10. The van der Waals surface area contributed by atoms with Crippen LogP contribution in [0.4, 0.5) is 17.1 Å². The van der Waals surface area contributed by atoms with Crippen molar-refractivity contribution in [3.63, 3.8) is 0 Å². The fraction of sp³-hybridized carbons (Fsp3) is 0.459. The minimum Gasteiger partial charge on any atom is -0.466 e. The molecule has 1 saturated carbocycles. The number of benzene rings is 3. The lowest BCUT2D eigenvalue weighted by atomic mass is 9.93. The van der Waals surface area contributed by atoms with Gasteiger partial charge in [-0.2, -0.15) is 0 Å². The first-order chi connectivity index (χ1) is 22.7. The number of hydrogen-bond acceptors (Lipinski definition) is 7. The van der Waals surface area contributed by atoms with Gasteiger partial charge in [0.2, 0.25) is 0 Å². The molecule has 256 valence electrons. The third kappa shape index (κ3) is 13.7. The first-order valence-corrected chi connectivity index (χ1v) is 18.1. The van der Waals surface area contributed by atoms with E-state index in [4.69, 9.17) is 38.4 Å². The van der Waals surface area contributed by atoms with Crippen LogP contribution in [-0.2, 0) is 20.8 Å². The number of anilines is 3. The number of rotatable bonds is 15. The van der Waals surface area contributed by atoms with Crippen molar-refractivity contribution in [2.24, 2.45) is 0 Å². The predicted octanol–water partition coefficient (Wildman–Crippen LogP) is 10.6. The highest BCUT2D eigenvalue weighted by Gasteiger charge is 2.22. The first-order valence-electron chi connectivity index (χ1n) is 16.6. The van der Waals surface area contributed by atoms with Gasteiger partial charge < -0.3 is 20.5 Å². The Balaban J connectivity index is 0.000000331. The average molecular weight is 750 g/mol. The van der Waals surface area contributed by atoms with E-state index in [0.29, 0.717) is 40.6 Å². The zero-order valence-electron chi connectivity index (χ0n) is 27.5. The minimum absolute atomic E-state index is 0.231. The summed E-state index contributed by atoms with van der Waals surface area (Å²) in [4.78, 5) is 25.8. The summed E-state index contributed by atoms with van der Waals surface area (Å²) in [5.74, 6) is -0.534. The van der Waals surface area contributed by atoms with Gasteiger partial charge in [0.1, 0.15) is 0 Å². The molecular weight excluding hydrogens is 701 g/mol. The van der Waals surface area contributed by atoms with E-state index in [1.165, 1.54) is 39.0 Å². The average Bonchev–Trinajstić information content (AvgIpc) is 3.07. The third-order valence-electron chi connectivity index (χ3n) is 8.15. The second kappa shape index (κ2) is 21.2. The van der Waals surface area contributed by atoms with Gasteiger partial charge >= 0.3 is 11.9 Å². The summed E-state index contributed by atoms with van der Waals surface area (Å²) < 4.78 is 11.2. The number of unbranched alkanes of at least 4 members (excludes halogenated alkanes) is 4. The van der Waals surface area contributed by atoms with Crippen LogP contribution in [0.2, 0.25) is 10.0 Å². The zero-order chi connectivity index (χ0) is 34.0. The summed E-state index contributed by atoms with van der Waals surface area (Å²) in [6.07, 6.45) is 11.1. The lowest BCUT2D eigenvalue weighted by Crippen LogP contribution is -2.36. The van der Waals surface area contributed by atoms with Gasteiger partial charge in [-0.25, -0.2) is 4.79 Å². The maximum Gasteiger partial charge on any atom is 0.338 e.